The number of carbonyl (C=O) groups is 1. The summed E-state index contributed by atoms with van der Waals surface area (Å²) in [6, 6.07) is 13.5. The van der Waals surface area contributed by atoms with Gasteiger partial charge in [0.1, 0.15) is 0 Å². The summed E-state index contributed by atoms with van der Waals surface area (Å²) in [7, 11) is 0. The van der Waals surface area contributed by atoms with Crippen LogP contribution in [0, 0.1) is 0 Å². The Morgan fingerprint density at radius 2 is 1.95 bits per heavy atom. The predicted molar refractivity (Wildman–Crippen MR) is 80.1 cm³/mol. The maximum Gasteiger partial charge on any atom is 0.248 e. The molecule has 4 nitrogen and oxygen atoms in total. The van der Waals surface area contributed by atoms with Crippen molar-refractivity contribution in [1.82, 2.24) is 5.32 Å². The van der Waals surface area contributed by atoms with Crippen LogP contribution in [0.15, 0.2) is 42.5 Å². The van der Waals surface area contributed by atoms with Crippen molar-refractivity contribution < 1.29 is 4.79 Å². The van der Waals surface area contributed by atoms with Crippen LogP contribution >= 0.6 is 0 Å². The second-order valence-electron chi connectivity index (χ2n) is 4.94. The van der Waals surface area contributed by atoms with Gasteiger partial charge in [-0.05, 0) is 54.4 Å². The fourth-order valence-electron chi connectivity index (χ4n) is 2.52. The molecule has 4 N–H and O–H groups in total. The van der Waals surface area contributed by atoms with E-state index < -0.39 is 5.91 Å². The largest absolute Gasteiger partial charge is 0.366 e. The third kappa shape index (κ3) is 2.51. The Labute approximate surface area is 118 Å². The lowest BCUT2D eigenvalue weighted by Gasteiger charge is -2.21. The number of rotatable bonds is 3. The van der Waals surface area contributed by atoms with Gasteiger partial charge in [0.15, 0.2) is 0 Å². The highest BCUT2D eigenvalue weighted by Crippen LogP contribution is 2.26. The van der Waals surface area contributed by atoms with Crippen LogP contribution < -0.4 is 16.4 Å². The van der Waals surface area contributed by atoms with E-state index in [0.29, 0.717) is 5.56 Å². The number of nitrogens with one attached hydrogen (secondary N) is 2. The van der Waals surface area contributed by atoms with Crippen LogP contribution in [0.5, 0.6) is 0 Å². The Bertz CT molecular complexity index is 635. The van der Waals surface area contributed by atoms with Gasteiger partial charge in [-0.3, -0.25) is 4.79 Å². The molecule has 0 saturated carbocycles. The van der Waals surface area contributed by atoms with Crippen molar-refractivity contribution >= 4 is 17.3 Å². The van der Waals surface area contributed by atoms with Crippen LogP contribution in [-0.4, -0.2) is 12.5 Å². The van der Waals surface area contributed by atoms with Gasteiger partial charge >= 0.3 is 0 Å². The summed E-state index contributed by atoms with van der Waals surface area (Å²) in [5, 5.41) is 6.79. The molecule has 0 aliphatic carbocycles. The molecule has 0 spiro atoms. The van der Waals surface area contributed by atoms with Gasteiger partial charge in [-0.2, -0.15) is 0 Å². The molecule has 3 rings (SSSR count). The van der Waals surface area contributed by atoms with E-state index in [-0.39, 0.29) is 0 Å². The highest BCUT2D eigenvalue weighted by molar-refractivity contribution is 5.93. The number of amides is 1. The molecule has 102 valence electrons. The Balaban J connectivity index is 1.86. The zero-order valence-electron chi connectivity index (χ0n) is 11.1. The number of benzene rings is 2. The normalized spacial score (nSPS) is 13.6. The first-order valence-electron chi connectivity index (χ1n) is 6.72. The number of carbonyl (C=O) groups excluding carboxylic acids is 1. The fraction of sp³-hybridized carbons (Fsp3) is 0.188. The fourth-order valence-corrected chi connectivity index (χ4v) is 2.52. The topological polar surface area (TPSA) is 67.2 Å². The van der Waals surface area contributed by atoms with E-state index in [0.717, 1.165) is 30.9 Å². The van der Waals surface area contributed by atoms with E-state index in [1.165, 1.54) is 11.1 Å². The third-order valence-electron chi connectivity index (χ3n) is 3.59. The van der Waals surface area contributed by atoms with Crippen molar-refractivity contribution in [3.63, 3.8) is 0 Å². The zero-order valence-corrected chi connectivity index (χ0v) is 11.1. The van der Waals surface area contributed by atoms with Gasteiger partial charge in [0.05, 0.1) is 0 Å². The summed E-state index contributed by atoms with van der Waals surface area (Å²) in [5.41, 5.74) is 10.6. The molecule has 0 unspecified atom stereocenters. The lowest BCUT2D eigenvalue weighted by molar-refractivity contribution is 0.100. The van der Waals surface area contributed by atoms with Crippen molar-refractivity contribution in [2.75, 3.05) is 11.9 Å². The third-order valence-corrected chi connectivity index (χ3v) is 3.59. The summed E-state index contributed by atoms with van der Waals surface area (Å²) in [6.07, 6.45) is 1.03. The van der Waals surface area contributed by atoms with E-state index in [9.17, 15) is 4.79 Å². The summed E-state index contributed by atoms with van der Waals surface area (Å²) in [4.78, 5) is 11.1. The van der Waals surface area contributed by atoms with Crippen molar-refractivity contribution in [2.45, 2.75) is 13.0 Å². The monoisotopic (exact) mass is 267 g/mol. The summed E-state index contributed by atoms with van der Waals surface area (Å²) < 4.78 is 0. The molecule has 1 heterocycles. The van der Waals surface area contributed by atoms with Crippen LogP contribution in [0.2, 0.25) is 0 Å². The van der Waals surface area contributed by atoms with Gasteiger partial charge in [0.2, 0.25) is 5.91 Å². The van der Waals surface area contributed by atoms with Gasteiger partial charge < -0.3 is 16.4 Å². The minimum Gasteiger partial charge on any atom is -0.366 e. The number of hydrogen-bond donors (Lipinski definition) is 3. The smallest absolute Gasteiger partial charge is 0.248 e. The molecule has 0 fully saturated rings. The average molecular weight is 267 g/mol. The van der Waals surface area contributed by atoms with Crippen LogP contribution in [0.25, 0.3) is 0 Å². The van der Waals surface area contributed by atoms with Crippen LogP contribution in [0.3, 0.4) is 0 Å². The van der Waals surface area contributed by atoms with E-state index in [2.05, 4.69) is 28.8 Å². The molecule has 1 aliphatic rings. The molecule has 0 saturated heterocycles. The number of anilines is 2. The van der Waals surface area contributed by atoms with Crippen molar-refractivity contribution in [3.05, 3.63) is 59.2 Å². The van der Waals surface area contributed by atoms with Gasteiger partial charge in [0, 0.05) is 23.5 Å². The first-order chi connectivity index (χ1) is 9.74. The van der Waals surface area contributed by atoms with E-state index in [1.54, 1.807) is 12.1 Å². The molecule has 0 aromatic heterocycles. The molecule has 0 bridgehead atoms. The molecule has 2 aromatic rings. The predicted octanol–water partition coefficient (Wildman–Crippen LogP) is 2.17. The second kappa shape index (κ2) is 5.35. The minimum absolute atomic E-state index is 0.403. The first-order valence-corrected chi connectivity index (χ1v) is 6.72. The Kier molecular flexibility index (Phi) is 3.39. The number of hydrogen-bond acceptors (Lipinski definition) is 3. The average Bonchev–Trinajstić information content (AvgIpc) is 2.48. The van der Waals surface area contributed by atoms with E-state index >= 15 is 0 Å². The van der Waals surface area contributed by atoms with Crippen molar-refractivity contribution in [2.24, 2.45) is 5.73 Å². The molecule has 0 atom stereocenters. The summed E-state index contributed by atoms with van der Waals surface area (Å²) in [5.74, 6) is -0.403. The number of primary amides is 1. The molecule has 20 heavy (non-hydrogen) atoms. The maximum atomic E-state index is 11.1. The van der Waals surface area contributed by atoms with E-state index in [1.807, 2.05) is 12.1 Å². The van der Waals surface area contributed by atoms with Crippen LogP contribution in [0.1, 0.15) is 21.5 Å². The Morgan fingerprint density at radius 3 is 2.70 bits per heavy atom. The molecule has 4 heteroatoms. The summed E-state index contributed by atoms with van der Waals surface area (Å²) >= 11 is 0. The van der Waals surface area contributed by atoms with Crippen molar-refractivity contribution in [3.8, 4) is 0 Å². The zero-order chi connectivity index (χ0) is 13.9. The number of fused-ring (bicyclic) bond motifs is 1. The molecule has 1 aliphatic heterocycles. The maximum absolute atomic E-state index is 11.1. The van der Waals surface area contributed by atoms with Crippen molar-refractivity contribution in [1.29, 1.82) is 0 Å². The van der Waals surface area contributed by atoms with Gasteiger partial charge in [-0.15, -0.1) is 0 Å². The molecule has 0 radical (unpaired) electrons. The second-order valence-corrected chi connectivity index (χ2v) is 4.94. The first kappa shape index (κ1) is 12.7. The lowest BCUT2D eigenvalue weighted by atomic mass is 9.99. The lowest BCUT2D eigenvalue weighted by Crippen LogP contribution is -2.24. The van der Waals surface area contributed by atoms with Gasteiger partial charge in [-0.25, -0.2) is 0 Å². The SMILES string of the molecule is NC(=O)c1ccc(Nc2cccc3c2CCNC3)cc1. The summed E-state index contributed by atoms with van der Waals surface area (Å²) in [6.45, 7) is 1.93. The van der Waals surface area contributed by atoms with Crippen LogP contribution in [-0.2, 0) is 13.0 Å². The standard InChI is InChI=1S/C16H17N3O/c17-16(20)11-4-6-13(7-5-11)19-15-3-1-2-12-10-18-9-8-14(12)15/h1-7,18-19H,8-10H2,(H2,17,20). The van der Waals surface area contributed by atoms with E-state index in [4.69, 9.17) is 5.73 Å². The Hall–Kier alpha value is -2.33. The highest BCUT2D eigenvalue weighted by Gasteiger charge is 2.12. The van der Waals surface area contributed by atoms with Gasteiger partial charge in [-0.1, -0.05) is 12.1 Å². The minimum atomic E-state index is -0.403. The molecule has 2 aromatic carbocycles. The Morgan fingerprint density at radius 1 is 1.15 bits per heavy atom. The van der Waals surface area contributed by atoms with Crippen LogP contribution in [0.4, 0.5) is 11.4 Å². The van der Waals surface area contributed by atoms with Gasteiger partial charge in [0.25, 0.3) is 0 Å². The quantitative estimate of drug-likeness (QED) is 0.798. The molecular weight excluding hydrogens is 250 g/mol. The highest BCUT2D eigenvalue weighted by atomic mass is 16.1. The molecule has 1 amide bonds. The molecular formula is C16H17N3O. The number of nitrogens with two attached hydrogens (primary N) is 1.